The van der Waals surface area contributed by atoms with Gasteiger partial charge in [0.2, 0.25) is 0 Å². The number of aliphatic carboxylic acids is 1. The van der Waals surface area contributed by atoms with Crippen LogP contribution in [0.15, 0.2) is 24.3 Å². The molecule has 0 aliphatic rings. The van der Waals surface area contributed by atoms with Crippen LogP contribution in [0, 0.1) is 12.8 Å². The third-order valence-corrected chi connectivity index (χ3v) is 3.78. The maximum Gasteiger partial charge on any atom is 0.307 e. The monoisotopic (exact) mass is 293 g/mol. The Bertz CT molecular complexity index is 447. The molecule has 4 nitrogen and oxygen atoms in total. The van der Waals surface area contributed by atoms with Crippen LogP contribution < -0.4 is 4.74 Å². The number of ether oxygens (including phenoxy) is 1. The normalized spacial score (nSPS) is 14.0. The van der Waals surface area contributed by atoms with Gasteiger partial charge < -0.3 is 9.84 Å². The van der Waals surface area contributed by atoms with Crippen molar-refractivity contribution in [2.45, 2.75) is 40.2 Å². The second kappa shape index (κ2) is 8.67. The lowest BCUT2D eigenvalue weighted by Crippen LogP contribution is -2.40. The van der Waals surface area contributed by atoms with E-state index in [2.05, 4.69) is 18.7 Å². The van der Waals surface area contributed by atoms with Crippen molar-refractivity contribution in [3.8, 4) is 5.75 Å². The quantitative estimate of drug-likeness (QED) is 0.759. The van der Waals surface area contributed by atoms with Crippen LogP contribution in [0.5, 0.6) is 5.75 Å². The second-order valence-corrected chi connectivity index (χ2v) is 5.66. The standard InChI is InChI=1S/C17H27NO3/c1-5-15(4)18(12-14(3)17(19)20)9-10-21-16-8-6-7-13(2)11-16/h6-8,11,14-15H,5,9-10,12H2,1-4H3,(H,19,20). The molecular weight excluding hydrogens is 266 g/mol. The highest BCUT2D eigenvalue weighted by atomic mass is 16.5. The van der Waals surface area contributed by atoms with E-state index < -0.39 is 5.97 Å². The lowest BCUT2D eigenvalue weighted by atomic mass is 10.1. The highest BCUT2D eigenvalue weighted by Crippen LogP contribution is 2.13. The molecule has 0 aliphatic heterocycles. The van der Waals surface area contributed by atoms with Crippen molar-refractivity contribution in [3.05, 3.63) is 29.8 Å². The Labute approximate surface area is 127 Å². The first-order chi connectivity index (χ1) is 9.93. The predicted molar refractivity (Wildman–Crippen MR) is 84.8 cm³/mol. The van der Waals surface area contributed by atoms with Crippen LogP contribution in [0.1, 0.15) is 32.8 Å². The summed E-state index contributed by atoms with van der Waals surface area (Å²) in [5.74, 6) is -0.244. The molecule has 2 unspecified atom stereocenters. The minimum absolute atomic E-state index is 0.355. The van der Waals surface area contributed by atoms with E-state index in [4.69, 9.17) is 9.84 Å². The fourth-order valence-corrected chi connectivity index (χ4v) is 2.17. The van der Waals surface area contributed by atoms with Crippen LogP contribution in [0.25, 0.3) is 0 Å². The van der Waals surface area contributed by atoms with Gasteiger partial charge in [-0.1, -0.05) is 26.0 Å². The van der Waals surface area contributed by atoms with E-state index in [-0.39, 0.29) is 5.92 Å². The molecule has 21 heavy (non-hydrogen) atoms. The topological polar surface area (TPSA) is 49.8 Å². The fraction of sp³-hybridized carbons (Fsp3) is 0.588. The Balaban J connectivity index is 2.51. The van der Waals surface area contributed by atoms with Crippen molar-refractivity contribution in [1.29, 1.82) is 0 Å². The largest absolute Gasteiger partial charge is 0.492 e. The number of benzene rings is 1. The van der Waals surface area contributed by atoms with E-state index in [1.54, 1.807) is 6.92 Å². The Kier molecular flexibility index (Phi) is 7.23. The minimum atomic E-state index is -0.747. The van der Waals surface area contributed by atoms with Gasteiger partial charge in [-0.2, -0.15) is 0 Å². The number of carboxylic acid groups (broad SMARTS) is 1. The van der Waals surface area contributed by atoms with Gasteiger partial charge in [0.25, 0.3) is 0 Å². The predicted octanol–water partition coefficient (Wildman–Crippen LogP) is 3.20. The van der Waals surface area contributed by atoms with Gasteiger partial charge in [-0.3, -0.25) is 9.69 Å². The molecule has 0 amide bonds. The van der Waals surface area contributed by atoms with Crippen LogP contribution >= 0.6 is 0 Å². The van der Waals surface area contributed by atoms with E-state index in [1.807, 2.05) is 31.2 Å². The zero-order chi connectivity index (χ0) is 15.8. The number of carboxylic acids is 1. The molecule has 0 spiro atoms. The second-order valence-electron chi connectivity index (χ2n) is 5.66. The molecule has 0 aliphatic carbocycles. The maximum atomic E-state index is 11.0. The van der Waals surface area contributed by atoms with Gasteiger partial charge in [0.15, 0.2) is 0 Å². The molecule has 118 valence electrons. The molecule has 4 heteroatoms. The van der Waals surface area contributed by atoms with E-state index in [9.17, 15) is 4.79 Å². The molecule has 0 aromatic heterocycles. The molecule has 0 radical (unpaired) electrons. The maximum absolute atomic E-state index is 11.0. The van der Waals surface area contributed by atoms with Gasteiger partial charge in [-0.05, 0) is 38.0 Å². The minimum Gasteiger partial charge on any atom is -0.492 e. The highest BCUT2D eigenvalue weighted by molar-refractivity contribution is 5.69. The Morgan fingerprint density at radius 3 is 2.67 bits per heavy atom. The summed E-state index contributed by atoms with van der Waals surface area (Å²) in [6.07, 6.45) is 0.997. The van der Waals surface area contributed by atoms with Crippen LogP contribution in [0.2, 0.25) is 0 Å². The van der Waals surface area contributed by atoms with E-state index in [0.717, 1.165) is 18.7 Å². The van der Waals surface area contributed by atoms with Crippen molar-refractivity contribution in [3.63, 3.8) is 0 Å². The van der Waals surface area contributed by atoms with Crippen LogP contribution in [0.3, 0.4) is 0 Å². The first-order valence-electron chi connectivity index (χ1n) is 7.60. The van der Waals surface area contributed by atoms with Crippen molar-refractivity contribution in [1.82, 2.24) is 4.90 Å². The molecule has 1 aromatic carbocycles. The summed E-state index contributed by atoms with van der Waals surface area (Å²) in [5.41, 5.74) is 1.17. The first-order valence-corrected chi connectivity index (χ1v) is 7.60. The Morgan fingerprint density at radius 1 is 1.38 bits per heavy atom. The fourth-order valence-electron chi connectivity index (χ4n) is 2.17. The summed E-state index contributed by atoms with van der Waals surface area (Å²) in [4.78, 5) is 13.2. The first kappa shape index (κ1) is 17.5. The number of carbonyl (C=O) groups is 1. The van der Waals surface area contributed by atoms with Gasteiger partial charge in [0.05, 0.1) is 5.92 Å². The third-order valence-electron chi connectivity index (χ3n) is 3.78. The summed E-state index contributed by atoms with van der Waals surface area (Å²) >= 11 is 0. The van der Waals surface area contributed by atoms with Crippen molar-refractivity contribution in [2.24, 2.45) is 5.92 Å². The van der Waals surface area contributed by atoms with E-state index in [0.29, 0.717) is 19.2 Å². The van der Waals surface area contributed by atoms with Gasteiger partial charge >= 0.3 is 5.97 Å². The summed E-state index contributed by atoms with van der Waals surface area (Å²) in [6.45, 7) is 9.89. The Hall–Kier alpha value is -1.55. The Morgan fingerprint density at radius 2 is 2.10 bits per heavy atom. The average molecular weight is 293 g/mol. The summed E-state index contributed by atoms with van der Waals surface area (Å²) in [7, 11) is 0. The van der Waals surface area contributed by atoms with Crippen molar-refractivity contribution in [2.75, 3.05) is 19.7 Å². The summed E-state index contributed by atoms with van der Waals surface area (Å²) in [6, 6.07) is 8.32. The molecule has 1 rings (SSSR count). The zero-order valence-electron chi connectivity index (χ0n) is 13.5. The van der Waals surface area contributed by atoms with E-state index in [1.165, 1.54) is 5.56 Å². The summed E-state index contributed by atoms with van der Waals surface area (Å²) in [5, 5.41) is 9.06. The van der Waals surface area contributed by atoms with E-state index >= 15 is 0 Å². The zero-order valence-corrected chi connectivity index (χ0v) is 13.5. The number of rotatable bonds is 9. The van der Waals surface area contributed by atoms with Crippen molar-refractivity contribution < 1.29 is 14.6 Å². The summed E-state index contributed by atoms with van der Waals surface area (Å²) < 4.78 is 5.76. The van der Waals surface area contributed by atoms with Gasteiger partial charge in [-0.15, -0.1) is 0 Å². The van der Waals surface area contributed by atoms with Gasteiger partial charge in [-0.25, -0.2) is 0 Å². The number of hydrogen-bond acceptors (Lipinski definition) is 3. The molecule has 0 bridgehead atoms. The van der Waals surface area contributed by atoms with Gasteiger partial charge in [0.1, 0.15) is 12.4 Å². The molecular formula is C17H27NO3. The lowest BCUT2D eigenvalue weighted by Gasteiger charge is -2.29. The molecule has 2 atom stereocenters. The molecule has 0 heterocycles. The van der Waals surface area contributed by atoms with Crippen LogP contribution in [0.4, 0.5) is 0 Å². The SMILES string of the molecule is CCC(C)N(CCOc1cccc(C)c1)CC(C)C(=O)O. The molecule has 0 saturated heterocycles. The highest BCUT2D eigenvalue weighted by Gasteiger charge is 2.19. The molecule has 1 aromatic rings. The number of aryl methyl sites for hydroxylation is 1. The van der Waals surface area contributed by atoms with Gasteiger partial charge in [0, 0.05) is 19.1 Å². The molecule has 0 saturated carbocycles. The van der Waals surface area contributed by atoms with Crippen molar-refractivity contribution >= 4 is 5.97 Å². The van der Waals surface area contributed by atoms with Crippen LogP contribution in [-0.4, -0.2) is 41.7 Å². The molecule has 1 N–H and O–H groups in total. The number of nitrogens with zero attached hydrogens (tertiary/aromatic N) is 1. The van der Waals surface area contributed by atoms with Crippen LogP contribution in [-0.2, 0) is 4.79 Å². The lowest BCUT2D eigenvalue weighted by molar-refractivity contribution is -0.142. The number of hydrogen-bond donors (Lipinski definition) is 1. The smallest absolute Gasteiger partial charge is 0.307 e. The third kappa shape index (κ3) is 6.17. The average Bonchev–Trinajstić information content (AvgIpc) is 2.45. The molecule has 0 fully saturated rings.